The van der Waals surface area contributed by atoms with Gasteiger partial charge in [-0.2, -0.15) is 0 Å². The average Bonchev–Trinajstić information content (AvgIpc) is 2.47. The Morgan fingerprint density at radius 1 is 1.05 bits per heavy atom. The molecule has 2 N–H and O–H groups in total. The van der Waals surface area contributed by atoms with E-state index < -0.39 is 0 Å². The highest BCUT2D eigenvalue weighted by molar-refractivity contribution is 5.41. The Morgan fingerprint density at radius 2 is 1.85 bits per heavy atom. The predicted molar refractivity (Wildman–Crippen MR) is 81.3 cm³/mol. The molecule has 20 heavy (non-hydrogen) atoms. The van der Waals surface area contributed by atoms with Crippen LogP contribution in [0.25, 0.3) is 0 Å². The zero-order chi connectivity index (χ0) is 14.4. The minimum Gasteiger partial charge on any atom is -0.497 e. The number of ether oxygens (including phenoxy) is 2. The number of hydrogen-bond acceptors (Lipinski definition) is 3. The molecule has 0 aliphatic rings. The molecule has 0 fully saturated rings. The summed E-state index contributed by atoms with van der Waals surface area (Å²) in [7, 11) is 1.66. The van der Waals surface area contributed by atoms with E-state index in [0.29, 0.717) is 13.2 Å². The van der Waals surface area contributed by atoms with Crippen molar-refractivity contribution in [3.8, 4) is 11.5 Å². The number of benzene rings is 2. The van der Waals surface area contributed by atoms with Crippen molar-refractivity contribution < 1.29 is 9.47 Å². The van der Waals surface area contributed by atoms with Crippen molar-refractivity contribution in [1.82, 2.24) is 0 Å². The molecule has 0 unspecified atom stereocenters. The van der Waals surface area contributed by atoms with E-state index in [1.807, 2.05) is 30.3 Å². The second kappa shape index (κ2) is 6.96. The van der Waals surface area contributed by atoms with Gasteiger partial charge in [-0.15, -0.1) is 0 Å². The second-order valence-electron chi connectivity index (χ2n) is 4.73. The maximum Gasteiger partial charge on any atom is 0.123 e. The number of rotatable bonds is 6. The third kappa shape index (κ3) is 3.52. The topological polar surface area (TPSA) is 44.5 Å². The van der Waals surface area contributed by atoms with E-state index in [-0.39, 0.29) is 0 Å². The van der Waals surface area contributed by atoms with E-state index in [9.17, 15) is 0 Å². The summed E-state index contributed by atoms with van der Waals surface area (Å²) in [5.74, 6) is 1.70. The van der Waals surface area contributed by atoms with E-state index in [2.05, 4.69) is 19.1 Å². The largest absolute Gasteiger partial charge is 0.497 e. The summed E-state index contributed by atoms with van der Waals surface area (Å²) >= 11 is 0. The van der Waals surface area contributed by atoms with Crippen LogP contribution in [0.2, 0.25) is 0 Å². The van der Waals surface area contributed by atoms with Crippen molar-refractivity contribution in [1.29, 1.82) is 0 Å². The second-order valence-corrected chi connectivity index (χ2v) is 4.73. The molecule has 0 bridgehead atoms. The summed E-state index contributed by atoms with van der Waals surface area (Å²) in [5, 5.41) is 0. The SMILES string of the molecule is COc1ccc(OCc2ccccc2C)c(CCN)c1. The minimum atomic E-state index is 0.566. The molecule has 0 radical (unpaired) electrons. The first kappa shape index (κ1) is 14.4. The van der Waals surface area contributed by atoms with Gasteiger partial charge in [0.25, 0.3) is 0 Å². The van der Waals surface area contributed by atoms with Gasteiger partial charge in [0.05, 0.1) is 7.11 Å². The highest BCUT2D eigenvalue weighted by Gasteiger charge is 2.06. The molecule has 0 aliphatic carbocycles. The van der Waals surface area contributed by atoms with E-state index in [0.717, 1.165) is 23.5 Å². The lowest BCUT2D eigenvalue weighted by atomic mass is 10.1. The van der Waals surface area contributed by atoms with Crippen molar-refractivity contribution in [3.63, 3.8) is 0 Å². The maximum atomic E-state index is 5.94. The van der Waals surface area contributed by atoms with Crippen LogP contribution in [0.1, 0.15) is 16.7 Å². The molecular weight excluding hydrogens is 250 g/mol. The standard InChI is InChI=1S/C17H21NO2/c1-13-5-3-4-6-15(13)12-20-17-8-7-16(19-2)11-14(17)9-10-18/h3-8,11H,9-10,12,18H2,1-2H3. The molecule has 0 amide bonds. The fourth-order valence-corrected chi connectivity index (χ4v) is 2.10. The number of methoxy groups -OCH3 is 1. The van der Waals surface area contributed by atoms with Gasteiger partial charge in [-0.1, -0.05) is 24.3 Å². The fourth-order valence-electron chi connectivity index (χ4n) is 2.10. The first-order chi connectivity index (χ1) is 9.74. The first-order valence-electron chi connectivity index (χ1n) is 6.79. The lowest BCUT2D eigenvalue weighted by molar-refractivity contribution is 0.301. The van der Waals surface area contributed by atoms with Crippen LogP contribution < -0.4 is 15.2 Å². The molecule has 0 aromatic heterocycles. The molecule has 2 rings (SSSR count). The van der Waals surface area contributed by atoms with Gasteiger partial charge in [-0.3, -0.25) is 0 Å². The summed E-state index contributed by atoms with van der Waals surface area (Å²) < 4.78 is 11.2. The molecule has 0 spiro atoms. The fraction of sp³-hybridized carbons (Fsp3) is 0.294. The van der Waals surface area contributed by atoms with Crippen LogP contribution in [0, 0.1) is 6.92 Å². The van der Waals surface area contributed by atoms with E-state index in [1.54, 1.807) is 7.11 Å². The molecule has 0 aliphatic heterocycles. The lowest BCUT2D eigenvalue weighted by Crippen LogP contribution is -2.06. The van der Waals surface area contributed by atoms with Crippen LogP contribution in [0.3, 0.4) is 0 Å². The molecular formula is C17H21NO2. The van der Waals surface area contributed by atoms with Gasteiger partial charge >= 0.3 is 0 Å². The Balaban J connectivity index is 2.14. The zero-order valence-electron chi connectivity index (χ0n) is 12.1. The molecule has 0 saturated heterocycles. The molecule has 2 aromatic carbocycles. The molecule has 0 saturated carbocycles. The quantitative estimate of drug-likeness (QED) is 0.878. The van der Waals surface area contributed by atoms with Crippen LogP contribution in [-0.4, -0.2) is 13.7 Å². The smallest absolute Gasteiger partial charge is 0.123 e. The number of aryl methyl sites for hydroxylation is 1. The van der Waals surface area contributed by atoms with Crippen molar-refractivity contribution in [2.24, 2.45) is 5.73 Å². The molecule has 0 heterocycles. The molecule has 106 valence electrons. The molecule has 0 atom stereocenters. The van der Waals surface area contributed by atoms with Gasteiger partial charge in [-0.05, 0) is 54.8 Å². The third-order valence-corrected chi connectivity index (χ3v) is 3.33. The molecule has 3 nitrogen and oxygen atoms in total. The Labute approximate surface area is 120 Å². The van der Waals surface area contributed by atoms with Gasteiger partial charge in [0.15, 0.2) is 0 Å². The zero-order valence-corrected chi connectivity index (χ0v) is 12.1. The highest BCUT2D eigenvalue weighted by atomic mass is 16.5. The van der Waals surface area contributed by atoms with E-state index in [1.165, 1.54) is 11.1 Å². The Kier molecular flexibility index (Phi) is 5.02. The molecule has 2 aromatic rings. The number of nitrogens with two attached hydrogens (primary N) is 1. The Bertz CT molecular complexity index is 567. The normalized spacial score (nSPS) is 10.3. The first-order valence-corrected chi connectivity index (χ1v) is 6.79. The van der Waals surface area contributed by atoms with Gasteiger partial charge in [-0.25, -0.2) is 0 Å². The van der Waals surface area contributed by atoms with Gasteiger partial charge in [0.2, 0.25) is 0 Å². The van der Waals surface area contributed by atoms with Crippen LogP contribution in [0.15, 0.2) is 42.5 Å². The van der Waals surface area contributed by atoms with Crippen LogP contribution >= 0.6 is 0 Å². The predicted octanol–water partition coefficient (Wildman–Crippen LogP) is 3.08. The average molecular weight is 271 g/mol. The maximum absolute atomic E-state index is 5.94. The van der Waals surface area contributed by atoms with Gasteiger partial charge in [0, 0.05) is 0 Å². The highest BCUT2D eigenvalue weighted by Crippen LogP contribution is 2.25. The lowest BCUT2D eigenvalue weighted by Gasteiger charge is -2.13. The van der Waals surface area contributed by atoms with Crippen LogP contribution in [0.5, 0.6) is 11.5 Å². The van der Waals surface area contributed by atoms with Crippen LogP contribution in [0.4, 0.5) is 0 Å². The Hall–Kier alpha value is -2.00. The summed E-state index contributed by atoms with van der Waals surface area (Å²) in [6.07, 6.45) is 0.778. The van der Waals surface area contributed by atoms with Crippen molar-refractivity contribution in [2.45, 2.75) is 20.0 Å². The van der Waals surface area contributed by atoms with Gasteiger partial charge < -0.3 is 15.2 Å². The molecule has 3 heteroatoms. The Morgan fingerprint density at radius 3 is 2.55 bits per heavy atom. The van der Waals surface area contributed by atoms with Crippen molar-refractivity contribution in [2.75, 3.05) is 13.7 Å². The van der Waals surface area contributed by atoms with Gasteiger partial charge in [0.1, 0.15) is 18.1 Å². The van der Waals surface area contributed by atoms with Crippen LogP contribution in [-0.2, 0) is 13.0 Å². The summed E-state index contributed by atoms with van der Waals surface area (Å²) in [4.78, 5) is 0. The van der Waals surface area contributed by atoms with Crippen molar-refractivity contribution >= 4 is 0 Å². The minimum absolute atomic E-state index is 0.566. The van der Waals surface area contributed by atoms with E-state index >= 15 is 0 Å². The van der Waals surface area contributed by atoms with Crippen molar-refractivity contribution in [3.05, 3.63) is 59.2 Å². The van der Waals surface area contributed by atoms with E-state index in [4.69, 9.17) is 15.2 Å². The number of hydrogen-bond donors (Lipinski definition) is 1. The summed E-state index contributed by atoms with van der Waals surface area (Å²) in [6.45, 7) is 3.25. The summed E-state index contributed by atoms with van der Waals surface area (Å²) in [5.41, 5.74) is 9.17. The monoisotopic (exact) mass is 271 g/mol. The third-order valence-electron chi connectivity index (χ3n) is 3.33. The summed E-state index contributed by atoms with van der Waals surface area (Å²) in [6, 6.07) is 14.1.